The van der Waals surface area contributed by atoms with Gasteiger partial charge in [-0.05, 0) is 53.9 Å². The number of benzene rings is 2. The molecule has 174 valence electrons. The van der Waals surface area contributed by atoms with Crippen LogP contribution in [0.2, 0.25) is 10.0 Å². The molecule has 0 aliphatic carbocycles. The van der Waals surface area contributed by atoms with Crippen molar-refractivity contribution in [2.24, 2.45) is 0 Å². The Morgan fingerprint density at radius 2 is 1.79 bits per heavy atom. The van der Waals surface area contributed by atoms with Crippen LogP contribution in [0.4, 0.5) is 11.4 Å². The third-order valence-electron chi connectivity index (χ3n) is 4.24. The lowest BCUT2D eigenvalue weighted by atomic mass is 10.3. The third kappa shape index (κ3) is 6.61. The van der Waals surface area contributed by atoms with Crippen molar-refractivity contribution < 1.29 is 27.5 Å². The summed E-state index contributed by atoms with van der Waals surface area (Å²) in [6.07, 6.45) is 0. The second kappa shape index (κ2) is 10.9. The zero-order valence-electron chi connectivity index (χ0n) is 17.2. The molecule has 0 atom stereocenters. The van der Waals surface area contributed by atoms with Crippen LogP contribution < -0.4 is 14.4 Å². The summed E-state index contributed by atoms with van der Waals surface area (Å²) in [6, 6.07) is 13.9. The summed E-state index contributed by atoms with van der Waals surface area (Å²) in [7, 11) is -2.20. The standard InChI is InChI=1S/C21H18Cl2N2O6S2/c1-25(33(28,29)21-3-2-10-32-21)15-5-7-16(8-6-15)30-13-20(27)31-12-19(26)24-18-9-4-14(22)11-17(18)23/h2-11H,12-13H2,1H3,(H,24,26). The first-order chi connectivity index (χ1) is 15.7. The van der Waals surface area contributed by atoms with Crippen molar-refractivity contribution in [3.63, 3.8) is 0 Å². The van der Waals surface area contributed by atoms with E-state index in [9.17, 15) is 18.0 Å². The van der Waals surface area contributed by atoms with Crippen LogP contribution >= 0.6 is 34.5 Å². The first-order valence-corrected chi connectivity index (χ1v) is 12.4. The molecular weight excluding hydrogens is 511 g/mol. The molecule has 0 spiro atoms. The number of hydrogen-bond acceptors (Lipinski definition) is 7. The lowest BCUT2D eigenvalue weighted by molar-refractivity contribution is -0.149. The van der Waals surface area contributed by atoms with E-state index in [0.29, 0.717) is 22.1 Å². The first-order valence-electron chi connectivity index (χ1n) is 9.32. The van der Waals surface area contributed by atoms with Crippen LogP contribution in [0.5, 0.6) is 5.75 Å². The van der Waals surface area contributed by atoms with E-state index in [1.54, 1.807) is 29.6 Å². The highest BCUT2D eigenvalue weighted by Crippen LogP contribution is 2.27. The summed E-state index contributed by atoms with van der Waals surface area (Å²) in [4.78, 5) is 23.8. The van der Waals surface area contributed by atoms with Crippen molar-refractivity contribution >= 4 is 67.8 Å². The van der Waals surface area contributed by atoms with Gasteiger partial charge in [-0.2, -0.15) is 0 Å². The molecule has 0 saturated carbocycles. The Morgan fingerprint density at radius 1 is 1.06 bits per heavy atom. The highest BCUT2D eigenvalue weighted by atomic mass is 35.5. The van der Waals surface area contributed by atoms with Crippen LogP contribution in [-0.2, 0) is 24.3 Å². The Bertz CT molecular complexity index is 1230. The Balaban J connectivity index is 1.47. The van der Waals surface area contributed by atoms with Gasteiger partial charge in [-0.1, -0.05) is 29.3 Å². The molecule has 0 aliphatic rings. The number of amides is 1. The van der Waals surface area contributed by atoms with E-state index in [2.05, 4.69) is 5.32 Å². The van der Waals surface area contributed by atoms with Crippen molar-refractivity contribution in [2.75, 3.05) is 29.9 Å². The minimum absolute atomic E-state index is 0.232. The second-order valence-corrected chi connectivity index (χ2v) is 10.5. The third-order valence-corrected chi connectivity index (χ3v) is 7.94. The van der Waals surface area contributed by atoms with E-state index in [-0.39, 0.29) is 9.23 Å². The van der Waals surface area contributed by atoms with Crippen LogP contribution in [0.1, 0.15) is 0 Å². The summed E-state index contributed by atoms with van der Waals surface area (Å²) < 4.78 is 36.7. The van der Waals surface area contributed by atoms with E-state index < -0.39 is 35.1 Å². The number of carbonyl (C=O) groups is 2. The number of hydrogen-bond donors (Lipinski definition) is 1. The van der Waals surface area contributed by atoms with Crippen LogP contribution in [-0.4, -0.2) is 40.6 Å². The van der Waals surface area contributed by atoms with Crippen LogP contribution in [0.15, 0.2) is 64.2 Å². The molecule has 0 fully saturated rings. The van der Waals surface area contributed by atoms with Crippen molar-refractivity contribution in [3.8, 4) is 5.75 Å². The van der Waals surface area contributed by atoms with Crippen molar-refractivity contribution in [1.29, 1.82) is 0 Å². The van der Waals surface area contributed by atoms with Gasteiger partial charge in [0.25, 0.3) is 15.9 Å². The van der Waals surface area contributed by atoms with Crippen molar-refractivity contribution in [3.05, 3.63) is 70.0 Å². The Labute approximate surface area is 204 Å². The number of nitrogens with zero attached hydrogens (tertiary/aromatic N) is 1. The molecule has 2 aromatic carbocycles. The van der Waals surface area contributed by atoms with Gasteiger partial charge in [0.1, 0.15) is 9.96 Å². The van der Waals surface area contributed by atoms with Gasteiger partial charge in [-0.25, -0.2) is 13.2 Å². The topological polar surface area (TPSA) is 102 Å². The number of anilines is 2. The number of carbonyl (C=O) groups excluding carboxylic acids is 2. The Hall–Kier alpha value is -2.79. The van der Waals surface area contributed by atoms with E-state index in [1.807, 2.05) is 0 Å². The van der Waals surface area contributed by atoms with Gasteiger partial charge >= 0.3 is 5.97 Å². The highest BCUT2D eigenvalue weighted by molar-refractivity contribution is 7.94. The van der Waals surface area contributed by atoms with E-state index in [4.69, 9.17) is 32.7 Å². The molecule has 12 heteroatoms. The molecule has 8 nitrogen and oxygen atoms in total. The summed E-state index contributed by atoms with van der Waals surface area (Å²) in [5.41, 5.74) is 0.764. The molecule has 1 heterocycles. The maximum absolute atomic E-state index is 12.6. The number of nitrogens with one attached hydrogen (secondary N) is 1. The zero-order valence-corrected chi connectivity index (χ0v) is 20.3. The molecule has 1 N–H and O–H groups in total. The van der Waals surface area contributed by atoms with Gasteiger partial charge in [0.2, 0.25) is 0 Å². The summed E-state index contributed by atoms with van der Waals surface area (Å²) in [6.45, 7) is -0.955. The van der Waals surface area contributed by atoms with E-state index >= 15 is 0 Å². The number of halogens is 2. The maximum Gasteiger partial charge on any atom is 0.344 e. The number of esters is 1. The largest absolute Gasteiger partial charge is 0.482 e. The predicted octanol–water partition coefficient (Wildman–Crippen LogP) is 4.44. The molecule has 0 radical (unpaired) electrons. The first kappa shape index (κ1) is 24.8. The Morgan fingerprint density at radius 3 is 2.42 bits per heavy atom. The number of thiophene rings is 1. The fourth-order valence-corrected chi connectivity index (χ4v) is 5.36. The second-order valence-electron chi connectivity index (χ2n) is 6.52. The van der Waals surface area contributed by atoms with Crippen molar-refractivity contribution in [1.82, 2.24) is 0 Å². The fourth-order valence-electron chi connectivity index (χ4n) is 2.54. The maximum atomic E-state index is 12.6. The summed E-state index contributed by atoms with van der Waals surface area (Å²) >= 11 is 12.9. The monoisotopic (exact) mass is 528 g/mol. The van der Waals surface area contributed by atoms with Gasteiger partial charge < -0.3 is 14.8 Å². The molecule has 0 saturated heterocycles. The van der Waals surface area contributed by atoms with Gasteiger partial charge in [0, 0.05) is 12.1 Å². The minimum atomic E-state index is -3.65. The zero-order chi connectivity index (χ0) is 24.0. The average molecular weight is 529 g/mol. The number of ether oxygens (including phenoxy) is 2. The molecule has 33 heavy (non-hydrogen) atoms. The predicted molar refractivity (Wildman–Crippen MR) is 128 cm³/mol. The lowest BCUT2D eigenvalue weighted by Crippen LogP contribution is -2.25. The summed E-state index contributed by atoms with van der Waals surface area (Å²) in [5, 5.41) is 4.87. The van der Waals surface area contributed by atoms with Crippen LogP contribution in [0.3, 0.4) is 0 Å². The quantitative estimate of drug-likeness (QED) is 0.412. The molecule has 0 unspecified atom stereocenters. The fraction of sp³-hybridized carbons (Fsp3) is 0.143. The molecular formula is C21H18Cl2N2O6S2. The Kier molecular flexibility index (Phi) is 8.20. The minimum Gasteiger partial charge on any atom is -0.482 e. The molecule has 3 aromatic rings. The van der Waals surface area contributed by atoms with Gasteiger partial charge in [0.15, 0.2) is 13.2 Å². The lowest BCUT2D eigenvalue weighted by Gasteiger charge is -2.18. The van der Waals surface area contributed by atoms with Gasteiger partial charge in [0.05, 0.1) is 16.4 Å². The van der Waals surface area contributed by atoms with Gasteiger partial charge in [-0.15, -0.1) is 11.3 Å². The average Bonchev–Trinajstić information content (AvgIpc) is 3.34. The molecule has 0 aliphatic heterocycles. The normalized spacial score (nSPS) is 11.0. The number of sulfonamides is 1. The molecule has 3 rings (SSSR count). The van der Waals surface area contributed by atoms with E-state index in [0.717, 1.165) is 15.6 Å². The molecule has 0 bridgehead atoms. The van der Waals surface area contributed by atoms with Gasteiger partial charge in [-0.3, -0.25) is 9.10 Å². The van der Waals surface area contributed by atoms with Crippen molar-refractivity contribution in [2.45, 2.75) is 4.21 Å². The smallest absolute Gasteiger partial charge is 0.344 e. The molecule has 1 aromatic heterocycles. The van der Waals surface area contributed by atoms with E-state index in [1.165, 1.54) is 37.4 Å². The number of rotatable bonds is 9. The SMILES string of the molecule is CN(c1ccc(OCC(=O)OCC(=O)Nc2ccc(Cl)cc2Cl)cc1)S(=O)(=O)c1cccs1. The molecule has 1 amide bonds. The van der Waals surface area contributed by atoms with Crippen LogP contribution in [0, 0.1) is 0 Å². The summed E-state index contributed by atoms with van der Waals surface area (Å²) in [5.74, 6) is -1.00. The van der Waals surface area contributed by atoms with Crippen LogP contribution in [0.25, 0.3) is 0 Å². The highest BCUT2D eigenvalue weighted by Gasteiger charge is 2.22.